The van der Waals surface area contributed by atoms with Crippen LogP contribution in [0.4, 0.5) is 0 Å². The Kier molecular flexibility index (Phi) is 4.47. The van der Waals surface area contributed by atoms with Crippen molar-refractivity contribution >= 4 is 69.8 Å². The van der Waals surface area contributed by atoms with Gasteiger partial charge in [-0.1, -0.05) is 125 Å². The van der Waals surface area contributed by atoms with Gasteiger partial charge in [0.05, 0.1) is 0 Å². The highest BCUT2D eigenvalue weighted by molar-refractivity contribution is 9.10. The molecule has 8 rings (SSSR count). The number of hydrogen-bond acceptors (Lipinski definition) is 0. The number of halogens is 1. The lowest BCUT2D eigenvalue weighted by molar-refractivity contribution is 1.64. The highest BCUT2D eigenvalue weighted by Crippen LogP contribution is 2.43. The maximum Gasteiger partial charge on any atom is 0.0254 e. The molecule has 0 aromatic heterocycles. The van der Waals surface area contributed by atoms with Crippen molar-refractivity contribution in [3.63, 3.8) is 0 Å². The van der Waals surface area contributed by atoms with E-state index in [0.29, 0.717) is 0 Å². The van der Waals surface area contributed by atoms with Crippen molar-refractivity contribution in [2.75, 3.05) is 0 Å². The van der Waals surface area contributed by atoms with E-state index in [9.17, 15) is 0 Å². The number of rotatable bonds is 2. The Hall–Kier alpha value is -4.20. The van der Waals surface area contributed by atoms with Gasteiger partial charge in [0.2, 0.25) is 0 Å². The molecule has 0 aliphatic rings. The molecule has 0 aliphatic heterocycles. The fourth-order valence-electron chi connectivity index (χ4n) is 6.18. The Labute approximate surface area is 223 Å². The Balaban J connectivity index is 1.43. The molecule has 0 saturated carbocycles. The Morgan fingerprint density at radius 3 is 1.73 bits per heavy atom. The third-order valence-electron chi connectivity index (χ3n) is 7.84. The van der Waals surface area contributed by atoms with Crippen molar-refractivity contribution in [1.29, 1.82) is 0 Å². The van der Waals surface area contributed by atoms with Gasteiger partial charge in [-0.3, -0.25) is 0 Å². The summed E-state index contributed by atoms with van der Waals surface area (Å²) in [4.78, 5) is 0. The van der Waals surface area contributed by atoms with E-state index in [1.165, 1.54) is 76.1 Å². The number of benzene rings is 8. The van der Waals surface area contributed by atoms with Gasteiger partial charge in [-0.2, -0.15) is 0 Å². The molecular weight excluding hydrogens is 512 g/mol. The molecule has 0 nitrogen and oxygen atoms in total. The summed E-state index contributed by atoms with van der Waals surface area (Å²) in [5, 5.41) is 12.9. The molecule has 0 radical (unpaired) electrons. The van der Waals surface area contributed by atoms with Gasteiger partial charge in [0.25, 0.3) is 0 Å². The average molecular weight is 533 g/mol. The summed E-state index contributed by atoms with van der Waals surface area (Å²) < 4.78 is 1.14. The minimum Gasteiger partial charge on any atom is -0.0616 e. The topological polar surface area (TPSA) is 0 Å². The van der Waals surface area contributed by atoms with Crippen LogP contribution in [0, 0.1) is 0 Å². The van der Waals surface area contributed by atoms with Gasteiger partial charge in [-0.25, -0.2) is 0 Å². The second-order valence-corrected chi connectivity index (χ2v) is 10.7. The normalized spacial score (nSPS) is 11.9. The molecule has 8 aromatic rings. The van der Waals surface area contributed by atoms with Crippen LogP contribution in [0.5, 0.6) is 0 Å². The summed E-state index contributed by atoms with van der Waals surface area (Å²) >= 11 is 3.78. The minimum absolute atomic E-state index is 1.14. The molecule has 0 atom stereocenters. The van der Waals surface area contributed by atoms with E-state index in [0.717, 1.165) is 4.47 Å². The summed E-state index contributed by atoms with van der Waals surface area (Å²) in [6, 6.07) is 46.8. The maximum atomic E-state index is 3.78. The van der Waals surface area contributed by atoms with Crippen LogP contribution in [0.3, 0.4) is 0 Å². The monoisotopic (exact) mass is 532 g/mol. The molecule has 0 N–H and O–H groups in total. The van der Waals surface area contributed by atoms with Crippen molar-refractivity contribution in [1.82, 2.24) is 0 Å². The molecule has 0 heterocycles. The largest absolute Gasteiger partial charge is 0.0616 e. The first kappa shape index (κ1) is 20.9. The lowest BCUT2D eigenvalue weighted by Gasteiger charge is -2.16. The van der Waals surface area contributed by atoms with E-state index in [-0.39, 0.29) is 0 Å². The van der Waals surface area contributed by atoms with Crippen LogP contribution < -0.4 is 0 Å². The summed E-state index contributed by atoms with van der Waals surface area (Å²) in [6.45, 7) is 0. The van der Waals surface area contributed by atoms with Crippen LogP contribution in [0.25, 0.3) is 76.1 Å². The number of hydrogen-bond donors (Lipinski definition) is 0. The SMILES string of the molecule is Brc1ccc2ccc3c(-c4cccc(-c5c6ccccc6cc6ccccc56)c4)ccc4ccc1c2c43. The molecular formula is C36H21Br. The Morgan fingerprint density at radius 1 is 0.378 bits per heavy atom. The summed E-state index contributed by atoms with van der Waals surface area (Å²) in [7, 11) is 0. The van der Waals surface area contributed by atoms with Crippen LogP contribution in [-0.4, -0.2) is 0 Å². The lowest BCUT2D eigenvalue weighted by atomic mass is 9.88. The van der Waals surface area contributed by atoms with E-state index >= 15 is 0 Å². The molecule has 0 saturated heterocycles. The van der Waals surface area contributed by atoms with Gasteiger partial charge in [-0.05, 0) is 94.3 Å². The zero-order valence-corrected chi connectivity index (χ0v) is 21.6. The van der Waals surface area contributed by atoms with Crippen molar-refractivity contribution in [3.05, 3.63) is 132 Å². The fraction of sp³-hybridized carbons (Fsp3) is 0. The second kappa shape index (κ2) is 7.90. The molecule has 0 bridgehead atoms. The molecule has 1 heteroatoms. The lowest BCUT2D eigenvalue weighted by Crippen LogP contribution is -1.89. The molecule has 172 valence electrons. The third kappa shape index (κ3) is 3.08. The predicted molar refractivity (Wildman–Crippen MR) is 164 cm³/mol. The first-order chi connectivity index (χ1) is 18.3. The van der Waals surface area contributed by atoms with Gasteiger partial charge in [0, 0.05) is 4.47 Å². The molecule has 8 aromatic carbocycles. The summed E-state index contributed by atoms with van der Waals surface area (Å²) in [5.41, 5.74) is 5.07. The fourth-order valence-corrected chi connectivity index (χ4v) is 6.65. The summed E-state index contributed by atoms with van der Waals surface area (Å²) in [5.74, 6) is 0. The predicted octanol–water partition coefficient (Wildman–Crippen LogP) is 11.0. The van der Waals surface area contributed by atoms with Crippen molar-refractivity contribution < 1.29 is 0 Å². The van der Waals surface area contributed by atoms with Gasteiger partial charge in [0.1, 0.15) is 0 Å². The van der Waals surface area contributed by atoms with Gasteiger partial charge in [0.15, 0.2) is 0 Å². The standard InChI is InChI=1S/C36H21Br/c37-33-19-15-23-13-17-31-28(16-12-22-14-18-32(33)36(23)35(22)31)24-8-5-9-27(21-24)34-29-10-3-1-6-25(29)20-26-7-2-4-11-30(26)34/h1-21H. The Bertz CT molecular complexity index is 2100. The zero-order chi connectivity index (χ0) is 24.5. The van der Waals surface area contributed by atoms with E-state index in [1.54, 1.807) is 0 Å². The third-order valence-corrected chi connectivity index (χ3v) is 8.54. The highest BCUT2D eigenvalue weighted by Gasteiger charge is 2.15. The van der Waals surface area contributed by atoms with Gasteiger partial charge < -0.3 is 0 Å². The van der Waals surface area contributed by atoms with Crippen LogP contribution in [0.1, 0.15) is 0 Å². The molecule has 0 fully saturated rings. The van der Waals surface area contributed by atoms with Crippen molar-refractivity contribution in [2.45, 2.75) is 0 Å². The van der Waals surface area contributed by atoms with Gasteiger partial charge in [-0.15, -0.1) is 0 Å². The van der Waals surface area contributed by atoms with Crippen LogP contribution >= 0.6 is 15.9 Å². The zero-order valence-electron chi connectivity index (χ0n) is 20.0. The first-order valence-electron chi connectivity index (χ1n) is 12.6. The molecule has 0 spiro atoms. The minimum atomic E-state index is 1.14. The smallest absolute Gasteiger partial charge is 0.0254 e. The molecule has 0 aliphatic carbocycles. The Morgan fingerprint density at radius 2 is 0.973 bits per heavy atom. The van der Waals surface area contributed by atoms with Crippen LogP contribution in [0.15, 0.2) is 132 Å². The maximum absolute atomic E-state index is 3.78. The van der Waals surface area contributed by atoms with Crippen LogP contribution in [0.2, 0.25) is 0 Å². The molecule has 37 heavy (non-hydrogen) atoms. The van der Waals surface area contributed by atoms with Crippen molar-refractivity contribution in [2.24, 2.45) is 0 Å². The average Bonchev–Trinajstić information content (AvgIpc) is 2.95. The van der Waals surface area contributed by atoms with Crippen LogP contribution in [-0.2, 0) is 0 Å². The van der Waals surface area contributed by atoms with Gasteiger partial charge >= 0.3 is 0 Å². The highest BCUT2D eigenvalue weighted by atomic mass is 79.9. The summed E-state index contributed by atoms with van der Waals surface area (Å²) in [6.07, 6.45) is 0. The molecule has 0 amide bonds. The van der Waals surface area contributed by atoms with E-state index < -0.39 is 0 Å². The van der Waals surface area contributed by atoms with E-state index in [1.807, 2.05) is 0 Å². The first-order valence-corrected chi connectivity index (χ1v) is 13.4. The van der Waals surface area contributed by atoms with E-state index in [2.05, 4.69) is 143 Å². The number of fused-ring (bicyclic) bond motifs is 2. The molecule has 0 unspecified atom stereocenters. The van der Waals surface area contributed by atoms with Crippen molar-refractivity contribution in [3.8, 4) is 22.3 Å². The second-order valence-electron chi connectivity index (χ2n) is 9.86. The quantitative estimate of drug-likeness (QED) is 0.153. The van der Waals surface area contributed by atoms with E-state index in [4.69, 9.17) is 0 Å².